The van der Waals surface area contributed by atoms with Gasteiger partial charge in [-0.15, -0.1) is 0 Å². The highest BCUT2D eigenvalue weighted by atomic mass is 16.4. The summed E-state index contributed by atoms with van der Waals surface area (Å²) in [6.45, 7) is 0. The van der Waals surface area contributed by atoms with Gasteiger partial charge < -0.3 is 15.0 Å². The maximum Gasteiger partial charge on any atom is 0.336 e. The number of hydrogen-bond acceptors (Lipinski definition) is 3. The molecule has 0 unspecified atom stereocenters. The van der Waals surface area contributed by atoms with Gasteiger partial charge in [-0.25, -0.2) is 4.79 Å². The number of pyridine rings is 1. The lowest BCUT2D eigenvalue weighted by atomic mass is 10.2. The highest BCUT2D eigenvalue weighted by Gasteiger charge is 2.06. The molecule has 0 atom stereocenters. The lowest BCUT2D eigenvalue weighted by Crippen LogP contribution is -2.18. The van der Waals surface area contributed by atoms with Gasteiger partial charge in [0, 0.05) is 20.2 Å². The van der Waals surface area contributed by atoms with E-state index < -0.39 is 11.5 Å². The van der Waals surface area contributed by atoms with Crippen LogP contribution in [0.3, 0.4) is 0 Å². The van der Waals surface area contributed by atoms with E-state index in [0.717, 1.165) is 6.07 Å². The van der Waals surface area contributed by atoms with Gasteiger partial charge in [0.05, 0.1) is 5.56 Å². The van der Waals surface area contributed by atoms with E-state index in [1.54, 1.807) is 19.0 Å². The number of aromatic nitrogens is 1. The molecule has 5 heteroatoms. The lowest BCUT2D eigenvalue weighted by Gasteiger charge is -2.11. The molecule has 1 aromatic heterocycles. The van der Waals surface area contributed by atoms with Gasteiger partial charge in [-0.05, 0) is 6.07 Å². The van der Waals surface area contributed by atoms with Crippen molar-refractivity contribution in [1.82, 2.24) is 4.98 Å². The molecule has 0 aliphatic heterocycles. The second-order valence-electron chi connectivity index (χ2n) is 2.82. The Morgan fingerprint density at radius 2 is 2.08 bits per heavy atom. The summed E-state index contributed by atoms with van der Waals surface area (Å²) in [6, 6.07) is 2.46. The highest BCUT2D eigenvalue weighted by molar-refractivity contribution is 5.88. The largest absolute Gasteiger partial charge is 0.478 e. The molecule has 0 aliphatic carbocycles. The Balaban J connectivity index is 3.27. The summed E-state index contributed by atoms with van der Waals surface area (Å²) in [5.41, 5.74) is -0.420. The number of carbonyl (C=O) groups is 1. The third kappa shape index (κ3) is 2.08. The second kappa shape index (κ2) is 3.30. The van der Waals surface area contributed by atoms with E-state index in [2.05, 4.69) is 4.98 Å². The smallest absolute Gasteiger partial charge is 0.336 e. The molecule has 0 saturated heterocycles. The molecule has 0 saturated carbocycles. The fraction of sp³-hybridized carbons (Fsp3) is 0.250. The van der Waals surface area contributed by atoms with Crippen LogP contribution in [0.5, 0.6) is 0 Å². The predicted molar refractivity (Wildman–Crippen MR) is 48.3 cm³/mol. The quantitative estimate of drug-likeness (QED) is 0.682. The molecule has 0 aromatic carbocycles. The average Bonchev–Trinajstić information content (AvgIpc) is 2.03. The van der Waals surface area contributed by atoms with Crippen LogP contribution in [0.2, 0.25) is 0 Å². The molecule has 0 amide bonds. The van der Waals surface area contributed by atoms with Crippen molar-refractivity contribution in [2.24, 2.45) is 0 Å². The van der Waals surface area contributed by atoms with Crippen LogP contribution in [-0.2, 0) is 0 Å². The van der Waals surface area contributed by atoms with Gasteiger partial charge in [0.25, 0.3) is 0 Å². The topological polar surface area (TPSA) is 73.4 Å². The molecule has 5 nitrogen and oxygen atoms in total. The van der Waals surface area contributed by atoms with Gasteiger partial charge in [0.15, 0.2) is 0 Å². The first-order valence-electron chi connectivity index (χ1n) is 3.65. The molecular weight excluding hydrogens is 172 g/mol. The van der Waals surface area contributed by atoms with Crippen molar-refractivity contribution in [1.29, 1.82) is 0 Å². The van der Waals surface area contributed by atoms with Crippen molar-refractivity contribution in [2.45, 2.75) is 0 Å². The zero-order valence-electron chi connectivity index (χ0n) is 7.37. The summed E-state index contributed by atoms with van der Waals surface area (Å²) in [5.74, 6) is -0.626. The molecular formula is C8H10N2O3. The van der Waals surface area contributed by atoms with E-state index in [4.69, 9.17) is 5.11 Å². The van der Waals surface area contributed by atoms with Crippen LogP contribution >= 0.6 is 0 Å². The second-order valence-corrected chi connectivity index (χ2v) is 2.82. The molecule has 0 aliphatic rings. The van der Waals surface area contributed by atoms with Gasteiger partial charge in [0.1, 0.15) is 5.82 Å². The Labute approximate surface area is 74.6 Å². The molecule has 1 rings (SSSR count). The van der Waals surface area contributed by atoms with Crippen molar-refractivity contribution >= 4 is 11.8 Å². The van der Waals surface area contributed by atoms with Crippen LogP contribution < -0.4 is 10.5 Å². The fourth-order valence-corrected chi connectivity index (χ4v) is 0.893. The fourth-order valence-electron chi connectivity index (χ4n) is 0.893. The molecule has 13 heavy (non-hydrogen) atoms. The van der Waals surface area contributed by atoms with Crippen molar-refractivity contribution in [3.63, 3.8) is 0 Å². The molecule has 0 fully saturated rings. The van der Waals surface area contributed by atoms with Crippen LogP contribution in [0.25, 0.3) is 0 Å². The van der Waals surface area contributed by atoms with Gasteiger partial charge in [-0.2, -0.15) is 0 Å². The minimum Gasteiger partial charge on any atom is -0.478 e. The van der Waals surface area contributed by atoms with Crippen LogP contribution in [0.15, 0.2) is 16.9 Å². The Morgan fingerprint density at radius 1 is 1.46 bits per heavy atom. The van der Waals surface area contributed by atoms with Crippen molar-refractivity contribution in [3.05, 3.63) is 28.0 Å². The van der Waals surface area contributed by atoms with E-state index in [9.17, 15) is 9.59 Å². The van der Waals surface area contributed by atoms with Gasteiger partial charge in [-0.3, -0.25) is 4.79 Å². The summed E-state index contributed by atoms with van der Waals surface area (Å²) in [6.07, 6.45) is 0. The molecule has 1 heterocycles. The maximum atomic E-state index is 11.0. The maximum absolute atomic E-state index is 11.0. The van der Waals surface area contributed by atoms with Gasteiger partial charge in [-0.1, -0.05) is 0 Å². The molecule has 0 bridgehead atoms. The predicted octanol–water partition coefficient (Wildman–Crippen LogP) is 0.139. The first-order valence-corrected chi connectivity index (χ1v) is 3.65. The number of aromatic amines is 1. The van der Waals surface area contributed by atoms with Crippen LogP contribution in [0.4, 0.5) is 5.82 Å². The molecule has 70 valence electrons. The first-order chi connectivity index (χ1) is 6.00. The minimum atomic E-state index is -1.10. The number of anilines is 1. The summed E-state index contributed by atoms with van der Waals surface area (Å²) in [4.78, 5) is 25.7. The van der Waals surface area contributed by atoms with E-state index >= 15 is 0 Å². The Morgan fingerprint density at radius 3 is 2.54 bits per heavy atom. The normalized spacial score (nSPS) is 9.69. The first kappa shape index (κ1) is 9.31. The number of carboxylic acids is 1. The third-order valence-corrected chi connectivity index (χ3v) is 1.56. The number of rotatable bonds is 2. The Bertz CT molecular complexity index is 381. The van der Waals surface area contributed by atoms with Gasteiger partial charge >= 0.3 is 5.97 Å². The van der Waals surface area contributed by atoms with Gasteiger partial charge in [0.2, 0.25) is 5.56 Å². The SMILES string of the molecule is CN(C)c1cc(C(=O)O)cc(=O)[nH]1. The molecule has 1 aromatic rings. The Kier molecular flexibility index (Phi) is 2.36. The molecule has 0 radical (unpaired) electrons. The van der Waals surface area contributed by atoms with Crippen LogP contribution in [0, 0.1) is 0 Å². The number of aromatic carboxylic acids is 1. The number of hydrogen-bond donors (Lipinski definition) is 2. The third-order valence-electron chi connectivity index (χ3n) is 1.56. The molecule has 0 spiro atoms. The summed E-state index contributed by atoms with van der Waals surface area (Å²) < 4.78 is 0. The van der Waals surface area contributed by atoms with E-state index in [1.165, 1.54) is 6.07 Å². The van der Waals surface area contributed by atoms with Crippen molar-refractivity contribution < 1.29 is 9.90 Å². The highest BCUT2D eigenvalue weighted by Crippen LogP contribution is 2.06. The van der Waals surface area contributed by atoms with Crippen LogP contribution in [0.1, 0.15) is 10.4 Å². The van der Waals surface area contributed by atoms with Crippen molar-refractivity contribution in [3.8, 4) is 0 Å². The number of nitrogens with zero attached hydrogens (tertiary/aromatic N) is 1. The van der Waals surface area contributed by atoms with E-state index in [0.29, 0.717) is 5.82 Å². The monoisotopic (exact) mass is 182 g/mol. The zero-order chi connectivity index (χ0) is 10.0. The number of nitrogens with one attached hydrogen (secondary N) is 1. The van der Waals surface area contributed by atoms with Crippen LogP contribution in [-0.4, -0.2) is 30.2 Å². The zero-order valence-corrected chi connectivity index (χ0v) is 7.37. The standard InChI is InChI=1S/C8H10N2O3/c1-10(2)6-3-5(8(12)13)4-7(11)9-6/h3-4H,1-2H3,(H,9,11)(H,12,13). The molecule has 2 N–H and O–H groups in total. The van der Waals surface area contributed by atoms with E-state index in [1.807, 2.05) is 0 Å². The average molecular weight is 182 g/mol. The minimum absolute atomic E-state index is 0.00699. The summed E-state index contributed by atoms with van der Waals surface area (Å²) >= 11 is 0. The Hall–Kier alpha value is -1.78. The van der Waals surface area contributed by atoms with Crippen molar-refractivity contribution in [2.75, 3.05) is 19.0 Å². The summed E-state index contributed by atoms with van der Waals surface area (Å²) in [7, 11) is 3.44. The van der Waals surface area contributed by atoms with E-state index in [-0.39, 0.29) is 5.56 Å². The lowest BCUT2D eigenvalue weighted by molar-refractivity contribution is 0.0696. The number of carboxylic acid groups (broad SMARTS) is 1. The number of H-pyrrole nitrogens is 1. The summed E-state index contributed by atoms with van der Waals surface area (Å²) in [5, 5.41) is 8.64.